The van der Waals surface area contributed by atoms with E-state index in [-0.39, 0.29) is 0 Å². The average molecular weight is 381 g/mol. The first-order valence-electron chi connectivity index (χ1n) is 9.67. The minimum Gasteiger partial charge on any atom is -0.361 e. The zero-order chi connectivity index (χ0) is 19.8. The highest BCUT2D eigenvalue weighted by Gasteiger charge is 2.13. The third kappa shape index (κ3) is 4.76. The molecule has 2 aromatic heterocycles. The van der Waals surface area contributed by atoms with Crippen molar-refractivity contribution in [3.05, 3.63) is 59.5 Å². The highest BCUT2D eigenvalue weighted by molar-refractivity contribution is 5.79. The van der Waals surface area contributed by atoms with Crippen molar-refractivity contribution in [3.63, 3.8) is 0 Å². The summed E-state index contributed by atoms with van der Waals surface area (Å²) >= 11 is 0. The maximum atomic E-state index is 5.44. The van der Waals surface area contributed by atoms with Crippen molar-refractivity contribution in [2.45, 2.75) is 46.7 Å². The van der Waals surface area contributed by atoms with Crippen molar-refractivity contribution in [1.82, 2.24) is 30.6 Å². The predicted octanol–water partition coefficient (Wildman–Crippen LogP) is 2.64. The van der Waals surface area contributed by atoms with Crippen molar-refractivity contribution < 1.29 is 4.52 Å². The molecule has 0 fully saturated rings. The Balaban J connectivity index is 1.65. The summed E-state index contributed by atoms with van der Waals surface area (Å²) < 4.78 is 7.17. The van der Waals surface area contributed by atoms with Crippen molar-refractivity contribution in [2.24, 2.45) is 4.99 Å². The molecule has 0 radical (unpaired) electrons. The van der Waals surface area contributed by atoms with Crippen LogP contribution in [0.15, 0.2) is 46.4 Å². The smallest absolute Gasteiger partial charge is 0.191 e. The molecular formula is C20H27N7O. The van der Waals surface area contributed by atoms with Crippen LogP contribution in [0.4, 0.5) is 0 Å². The SMILES string of the molecule is CCNC(=NCc1ccc(-n2cncn2)cc1)NCc1c(CC)noc1CC. The maximum Gasteiger partial charge on any atom is 0.191 e. The number of nitrogens with one attached hydrogen (secondary N) is 2. The highest BCUT2D eigenvalue weighted by atomic mass is 16.5. The van der Waals surface area contributed by atoms with Crippen molar-refractivity contribution in [3.8, 4) is 5.69 Å². The highest BCUT2D eigenvalue weighted by Crippen LogP contribution is 2.15. The van der Waals surface area contributed by atoms with Crippen LogP contribution >= 0.6 is 0 Å². The molecule has 1 aromatic carbocycles. The quantitative estimate of drug-likeness (QED) is 0.460. The van der Waals surface area contributed by atoms with Gasteiger partial charge in [0.2, 0.25) is 0 Å². The Morgan fingerprint density at radius 2 is 1.93 bits per heavy atom. The molecule has 3 rings (SSSR count). The lowest BCUT2D eigenvalue weighted by molar-refractivity contribution is 0.380. The van der Waals surface area contributed by atoms with E-state index in [1.165, 1.54) is 6.33 Å². The van der Waals surface area contributed by atoms with E-state index in [1.54, 1.807) is 11.0 Å². The van der Waals surface area contributed by atoms with E-state index < -0.39 is 0 Å². The summed E-state index contributed by atoms with van der Waals surface area (Å²) in [4.78, 5) is 8.66. The van der Waals surface area contributed by atoms with Crippen LogP contribution in [0.5, 0.6) is 0 Å². The minimum atomic E-state index is 0.581. The first kappa shape index (κ1) is 19.6. The summed E-state index contributed by atoms with van der Waals surface area (Å²) in [6.07, 6.45) is 4.89. The van der Waals surface area contributed by atoms with Crippen molar-refractivity contribution in [1.29, 1.82) is 0 Å². The molecule has 0 spiro atoms. The van der Waals surface area contributed by atoms with E-state index in [9.17, 15) is 0 Å². The lowest BCUT2D eigenvalue weighted by atomic mass is 10.1. The van der Waals surface area contributed by atoms with Gasteiger partial charge in [0.1, 0.15) is 18.4 Å². The molecular weight excluding hydrogens is 354 g/mol. The second kappa shape index (κ2) is 9.68. The Morgan fingerprint density at radius 1 is 1.11 bits per heavy atom. The summed E-state index contributed by atoms with van der Waals surface area (Å²) in [6.45, 7) is 8.24. The fourth-order valence-corrected chi connectivity index (χ4v) is 2.92. The van der Waals surface area contributed by atoms with Crippen LogP contribution in [0.25, 0.3) is 5.69 Å². The molecule has 2 heterocycles. The van der Waals surface area contributed by atoms with E-state index in [4.69, 9.17) is 9.52 Å². The zero-order valence-corrected chi connectivity index (χ0v) is 16.6. The molecule has 0 bridgehead atoms. The summed E-state index contributed by atoms with van der Waals surface area (Å²) in [5.41, 5.74) is 4.23. The van der Waals surface area contributed by atoms with E-state index in [0.717, 1.165) is 53.6 Å². The third-order valence-electron chi connectivity index (χ3n) is 4.42. The Kier molecular flexibility index (Phi) is 6.78. The number of nitrogens with zero attached hydrogens (tertiary/aromatic N) is 5. The fraction of sp³-hybridized carbons (Fsp3) is 0.400. The lowest BCUT2D eigenvalue weighted by Gasteiger charge is -2.12. The van der Waals surface area contributed by atoms with Gasteiger partial charge in [-0.05, 0) is 31.0 Å². The number of guanidine groups is 1. The second-order valence-corrected chi connectivity index (χ2v) is 6.29. The molecule has 0 aliphatic heterocycles. The number of aryl methyl sites for hydroxylation is 2. The van der Waals surface area contributed by atoms with Gasteiger partial charge in [0.25, 0.3) is 0 Å². The molecule has 0 aliphatic rings. The van der Waals surface area contributed by atoms with Gasteiger partial charge in [-0.2, -0.15) is 5.10 Å². The van der Waals surface area contributed by atoms with Gasteiger partial charge < -0.3 is 15.2 Å². The largest absolute Gasteiger partial charge is 0.361 e. The number of aliphatic imine (C=N–C) groups is 1. The molecule has 8 nitrogen and oxygen atoms in total. The minimum absolute atomic E-state index is 0.581. The molecule has 2 N–H and O–H groups in total. The van der Waals surface area contributed by atoms with Gasteiger partial charge in [0.05, 0.1) is 17.9 Å². The van der Waals surface area contributed by atoms with E-state index in [0.29, 0.717) is 13.1 Å². The maximum absolute atomic E-state index is 5.44. The van der Waals surface area contributed by atoms with Crippen LogP contribution in [0.1, 0.15) is 43.4 Å². The molecule has 0 saturated carbocycles. The molecule has 0 unspecified atom stereocenters. The van der Waals surface area contributed by atoms with Crippen LogP contribution in [-0.2, 0) is 25.9 Å². The Hall–Kier alpha value is -3.16. The van der Waals surface area contributed by atoms with Gasteiger partial charge in [-0.15, -0.1) is 0 Å². The molecule has 0 aliphatic carbocycles. The number of rotatable bonds is 8. The average Bonchev–Trinajstić information content (AvgIpc) is 3.40. The molecule has 28 heavy (non-hydrogen) atoms. The molecule has 8 heteroatoms. The van der Waals surface area contributed by atoms with Gasteiger partial charge in [-0.3, -0.25) is 0 Å². The molecule has 0 atom stereocenters. The Labute approximate surface area is 165 Å². The van der Waals surface area contributed by atoms with Gasteiger partial charge >= 0.3 is 0 Å². The number of benzene rings is 1. The Bertz CT molecular complexity index is 860. The van der Waals surface area contributed by atoms with E-state index in [1.807, 2.05) is 12.1 Å². The van der Waals surface area contributed by atoms with Crippen LogP contribution < -0.4 is 10.6 Å². The Morgan fingerprint density at radius 3 is 2.57 bits per heavy atom. The van der Waals surface area contributed by atoms with E-state index in [2.05, 4.69) is 58.8 Å². The monoisotopic (exact) mass is 381 g/mol. The fourth-order valence-electron chi connectivity index (χ4n) is 2.92. The van der Waals surface area contributed by atoms with Crippen LogP contribution in [0.2, 0.25) is 0 Å². The van der Waals surface area contributed by atoms with Gasteiger partial charge in [-0.25, -0.2) is 14.7 Å². The van der Waals surface area contributed by atoms with Gasteiger partial charge in [-0.1, -0.05) is 31.1 Å². The van der Waals surface area contributed by atoms with Crippen molar-refractivity contribution in [2.75, 3.05) is 6.54 Å². The predicted molar refractivity (Wildman–Crippen MR) is 108 cm³/mol. The lowest BCUT2D eigenvalue weighted by Crippen LogP contribution is -2.37. The number of hydrogen-bond donors (Lipinski definition) is 2. The number of aromatic nitrogens is 4. The topological polar surface area (TPSA) is 93.2 Å². The normalized spacial score (nSPS) is 11.6. The summed E-state index contributed by atoms with van der Waals surface area (Å²) in [5, 5.41) is 15.0. The standard InChI is InChI=1S/C20H27N7O/c1-4-18-17(19(5-2)28-26-18)12-24-20(22-6-3)23-11-15-7-9-16(10-8-15)27-14-21-13-25-27/h7-10,13-14H,4-6,11-12H2,1-3H3,(H2,22,23,24). The molecule has 0 amide bonds. The van der Waals surface area contributed by atoms with Crippen LogP contribution in [0.3, 0.4) is 0 Å². The first-order chi connectivity index (χ1) is 13.7. The zero-order valence-electron chi connectivity index (χ0n) is 16.6. The first-order valence-corrected chi connectivity index (χ1v) is 9.67. The van der Waals surface area contributed by atoms with Crippen molar-refractivity contribution >= 4 is 5.96 Å². The third-order valence-corrected chi connectivity index (χ3v) is 4.42. The molecule has 148 valence electrons. The second-order valence-electron chi connectivity index (χ2n) is 6.29. The molecule has 3 aromatic rings. The summed E-state index contributed by atoms with van der Waals surface area (Å²) in [5.74, 6) is 1.71. The van der Waals surface area contributed by atoms with Crippen LogP contribution in [0, 0.1) is 0 Å². The molecule has 0 saturated heterocycles. The number of hydrogen-bond acceptors (Lipinski definition) is 5. The summed E-state index contributed by atoms with van der Waals surface area (Å²) in [6, 6.07) is 8.12. The van der Waals surface area contributed by atoms with E-state index >= 15 is 0 Å². The van der Waals surface area contributed by atoms with Crippen LogP contribution in [-0.4, -0.2) is 32.4 Å². The van der Waals surface area contributed by atoms with Gasteiger partial charge in [0.15, 0.2) is 5.96 Å². The van der Waals surface area contributed by atoms with Gasteiger partial charge in [0, 0.05) is 25.1 Å². The summed E-state index contributed by atoms with van der Waals surface area (Å²) in [7, 11) is 0.